The number of nitrogens with one attached hydrogen (secondary N) is 1. The van der Waals surface area contributed by atoms with Gasteiger partial charge < -0.3 is 23.7 Å². The summed E-state index contributed by atoms with van der Waals surface area (Å²) in [5.74, 6) is -1.34. The Kier molecular flexibility index (Phi) is 12.1. The molecule has 1 saturated carbocycles. The highest BCUT2D eigenvalue weighted by Gasteiger charge is 2.50. The molecule has 0 spiro atoms. The van der Waals surface area contributed by atoms with Gasteiger partial charge in [0.2, 0.25) is 5.90 Å². The summed E-state index contributed by atoms with van der Waals surface area (Å²) in [5.41, 5.74) is 2.87. The molecule has 5 unspecified atom stereocenters. The van der Waals surface area contributed by atoms with Crippen LogP contribution >= 0.6 is 34.8 Å². The Balaban J connectivity index is 1.68. The molecule has 224 valence electrons. The van der Waals surface area contributed by atoms with Gasteiger partial charge in [0.05, 0.1) is 32.5 Å². The van der Waals surface area contributed by atoms with Crippen LogP contribution in [0.5, 0.6) is 0 Å². The van der Waals surface area contributed by atoms with Gasteiger partial charge in [0.1, 0.15) is 18.3 Å². The molecule has 5 atom stereocenters. The summed E-state index contributed by atoms with van der Waals surface area (Å²) in [6, 6.07) is 29.2. The van der Waals surface area contributed by atoms with Gasteiger partial charge in [-0.15, -0.1) is 0 Å². The van der Waals surface area contributed by atoms with Crippen molar-refractivity contribution in [2.24, 2.45) is 5.92 Å². The molecular formula is C32H34Cl3NO6. The molecule has 0 radical (unpaired) electrons. The van der Waals surface area contributed by atoms with Crippen LogP contribution in [0.4, 0.5) is 0 Å². The molecule has 10 heteroatoms. The van der Waals surface area contributed by atoms with E-state index in [0.29, 0.717) is 13.0 Å². The van der Waals surface area contributed by atoms with Crippen molar-refractivity contribution in [2.75, 3.05) is 6.61 Å². The van der Waals surface area contributed by atoms with Crippen LogP contribution in [0.2, 0.25) is 0 Å². The molecule has 0 aliphatic heterocycles. The fourth-order valence-electron chi connectivity index (χ4n) is 4.88. The monoisotopic (exact) mass is 633 g/mol. The summed E-state index contributed by atoms with van der Waals surface area (Å²) < 4.78 is 28.9. The highest BCUT2D eigenvalue weighted by Crippen LogP contribution is 2.37. The zero-order valence-electron chi connectivity index (χ0n) is 23.2. The van der Waals surface area contributed by atoms with Crippen LogP contribution in [0.25, 0.3) is 0 Å². The van der Waals surface area contributed by atoms with Crippen molar-refractivity contribution in [1.82, 2.24) is 0 Å². The van der Waals surface area contributed by atoms with Crippen LogP contribution in [-0.4, -0.2) is 46.7 Å². The SMILES string of the molecule is CC(=O)OCC1CC(OC(=N)C(Cl)(Cl)Cl)C(OCc2ccccc2)C(OCc2ccccc2)C1OCc1ccccc1. The molecule has 3 aromatic carbocycles. The van der Waals surface area contributed by atoms with Gasteiger partial charge in [0, 0.05) is 12.8 Å². The number of rotatable bonds is 12. The lowest BCUT2D eigenvalue weighted by Gasteiger charge is -2.46. The van der Waals surface area contributed by atoms with Crippen LogP contribution in [0, 0.1) is 11.3 Å². The predicted octanol–water partition coefficient (Wildman–Crippen LogP) is 7.06. The summed E-state index contributed by atoms with van der Waals surface area (Å²) >= 11 is 18.0. The lowest BCUT2D eigenvalue weighted by molar-refractivity contribution is -0.221. The predicted molar refractivity (Wildman–Crippen MR) is 163 cm³/mol. The summed E-state index contributed by atoms with van der Waals surface area (Å²) in [6.45, 7) is 2.21. The maximum absolute atomic E-state index is 11.8. The molecule has 1 aliphatic rings. The number of carbonyl (C=O) groups is 1. The third kappa shape index (κ3) is 9.69. The average molecular weight is 635 g/mol. The van der Waals surface area contributed by atoms with E-state index < -0.39 is 40.1 Å². The third-order valence-electron chi connectivity index (χ3n) is 6.90. The van der Waals surface area contributed by atoms with Gasteiger partial charge in [-0.2, -0.15) is 0 Å². The molecule has 1 aliphatic carbocycles. The van der Waals surface area contributed by atoms with Crippen LogP contribution in [0.15, 0.2) is 91.0 Å². The number of carbonyl (C=O) groups excluding carboxylic acids is 1. The molecule has 7 nitrogen and oxygen atoms in total. The van der Waals surface area contributed by atoms with E-state index >= 15 is 0 Å². The fourth-order valence-corrected chi connectivity index (χ4v) is 5.01. The van der Waals surface area contributed by atoms with E-state index in [9.17, 15) is 4.79 Å². The topological polar surface area (TPSA) is 87.1 Å². The molecule has 0 bridgehead atoms. The van der Waals surface area contributed by atoms with Crippen molar-refractivity contribution in [2.45, 2.75) is 61.4 Å². The van der Waals surface area contributed by atoms with Crippen LogP contribution in [0.1, 0.15) is 30.0 Å². The second kappa shape index (κ2) is 15.7. The molecule has 4 rings (SSSR count). The minimum Gasteiger partial charge on any atom is -0.472 e. The summed E-state index contributed by atoms with van der Waals surface area (Å²) in [4.78, 5) is 11.8. The second-order valence-electron chi connectivity index (χ2n) is 10.1. The van der Waals surface area contributed by atoms with Crippen molar-refractivity contribution in [1.29, 1.82) is 5.41 Å². The Labute approximate surface area is 261 Å². The Morgan fingerprint density at radius 1 is 0.738 bits per heavy atom. The van der Waals surface area contributed by atoms with E-state index in [-0.39, 0.29) is 25.7 Å². The lowest BCUT2D eigenvalue weighted by atomic mass is 9.80. The minimum absolute atomic E-state index is 0.0480. The largest absolute Gasteiger partial charge is 0.472 e. The first kappa shape index (κ1) is 32.3. The number of hydrogen-bond donors (Lipinski definition) is 1. The maximum Gasteiger partial charge on any atom is 0.302 e. The van der Waals surface area contributed by atoms with Crippen LogP contribution in [0.3, 0.4) is 0 Å². The van der Waals surface area contributed by atoms with Gasteiger partial charge in [-0.3, -0.25) is 10.2 Å². The first-order valence-corrected chi connectivity index (χ1v) is 14.8. The van der Waals surface area contributed by atoms with Gasteiger partial charge in [-0.1, -0.05) is 126 Å². The van der Waals surface area contributed by atoms with Crippen molar-refractivity contribution in [3.63, 3.8) is 0 Å². The van der Waals surface area contributed by atoms with Gasteiger partial charge >= 0.3 is 5.97 Å². The standard InChI is InChI=1S/C32H34Cl3NO6/c1-22(37)38-21-26-17-27(42-31(36)32(33,34)35)29(40-19-24-13-7-3-8-14-24)30(41-20-25-15-9-4-10-16-25)28(26)39-18-23-11-5-2-6-12-23/h2-16,26-30,36H,17-21H2,1H3. The Hall–Kier alpha value is -2.65. The van der Waals surface area contributed by atoms with E-state index in [0.717, 1.165) is 16.7 Å². The van der Waals surface area contributed by atoms with Gasteiger partial charge in [-0.25, -0.2) is 0 Å². The van der Waals surface area contributed by atoms with E-state index in [1.165, 1.54) is 6.92 Å². The lowest BCUT2D eigenvalue weighted by Crippen LogP contribution is -2.59. The minimum atomic E-state index is -2.07. The zero-order chi connectivity index (χ0) is 30.0. The van der Waals surface area contributed by atoms with Crippen molar-refractivity contribution in [3.05, 3.63) is 108 Å². The number of benzene rings is 3. The van der Waals surface area contributed by atoms with Crippen LogP contribution in [-0.2, 0) is 48.3 Å². The first-order chi connectivity index (χ1) is 20.2. The number of hydrogen-bond acceptors (Lipinski definition) is 7. The van der Waals surface area contributed by atoms with E-state index in [1.807, 2.05) is 91.0 Å². The molecular weight excluding hydrogens is 601 g/mol. The second-order valence-corrected chi connectivity index (χ2v) is 12.3. The molecule has 0 amide bonds. The number of alkyl halides is 3. The molecule has 1 fully saturated rings. The highest BCUT2D eigenvalue weighted by atomic mass is 35.6. The van der Waals surface area contributed by atoms with Crippen LogP contribution < -0.4 is 0 Å². The normalized spacial score (nSPS) is 22.3. The molecule has 0 aromatic heterocycles. The smallest absolute Gasteiger partial charge is 0.302 e. The number of halogens is 3. The quantitative estimate of drug-likeness (QED) is 0.0994. The molecule has 0 heterocycles. The number of ether oxygens (including phenoxy) is 5. The van der Waals surface area contributed by atoms with Gasteiger partial charge in [0.25, 0.3) is 3.79 Å². The molecule has 42 heavy (non-hydrogen) atoms. The van der Waals surface area contributed by atoms with Crippen molar-refractivity contribution in [3.8, 4) is 0 Å². The Morgan fingerprint density at radius 3 is 1.60 bits per heavy atom. The fraction of sp³-hybridized carbons (Fsp3) is 0.375. The molecule has 1 N–H and O–H groups in total. The van der Waals surface area contributed by atoms with Crippen molar-refractivity contribution < 1.29 is 28.5 Å². The number of esters is 1. The third-order valence-corrected chi connectivity index (χ3v) is 7.41. The van der Waals surface area contributed by atoms with E-state index in [2.05, 4.69) is 0 Å². The Bertz CT molecular complexity index is 1260. The zero-order valence-corrected chi connectivity index (χ0v) is 25.4. The summed E-state index contributed by atoms with van der Waals surface area (Å²) in [7, 11) is 0. The Morgan fingerprint density at radius 2 is 1.17 bits per heavy atom. The summed E-state index contributed by atoms with van der Waals surface area (Å²) in [5, 5.41) is 8.31. The molecule has 0 saturated heterocycles. The first-order valence-electron chi connectivity index (χ1n) is 13.6. The maximum atomic E-state index is 11.8. The van der Waals surface area contributed by atoms with Crippen molar-refractivity contribution >= 4 is 46.7 Å². The van der Waals surface area contributed by atoms with E-state index in [4.69, 9.17) is 63.9 Å². The van der Waals surface area contributed by atoms with Gasteiger partial charge in [-0.05, 0) is 23.1 Å². The summed E-state index contributed by atoms with van der Waals surface area (Å²) in [6.07, 6.45) is -2.46. The van der Waals surface area contributed by atoms with Gasteiger partial charge in [0.15, 0.2) is 0 Å². The molecule has 3 aromatic rings. The van der Waals surface area contributed by atoms with E-state index in [1.54, 1.807) is 0 Å². The highest BCUT2D eigenvalue weighted by molar-refractivity contribution is 6.76. The average Bonchev–Trinajstić information content (AvgIpc) is 2.98.